The van der Waals surface area contributed by atoms with Crippen LogP contribution in [0.2, 0.25) is 0 Å². The molecule has 0 saturated carbocycles. The Morgan fingerprint density at radius 1 is 0.218 bits per heavy atom. The van der Waals surface area contributed by atoms with E-state index >= 15 is 0 Å². The van der Waals surface area contributed by atoms with Crippen LogP contribution >= 0.6 is 0 Å². The van der Waals surface area contributed by atoms with Crippen LogP contribution in [0.1, 0.15) is 0 Å². The second-order valence-electron chi connectivity index (χ2n) is 14.1. The van der Waals surface area contributed by atoms with Crippen molar-refractivity contribution < 1.29 is 0 Å². The van der Waals surface area contributed by atoms with E-state index in [4.69, 9.17) is 0 Å². The standard InChI is InChI=1S/C54H37N/c1-3-18-38(19-4-1)41-34-35-54(50(36-41)40-20-5-2-6-21-40)55(52-32-15-13-29-48(52)46-31-17-24-39-22-7-9-25-43(39)46)53-33-16-14-30-49(53)51-37-42-23-8-10-26-44(42)45-27-11-12-28-47(45)51/h1-37H. The van der Waals surface area contributed by atoms with Crippen LogP contribution in [-0.2, 0) is 0 Å². The number of nitrogens with zero attached hydrogens (tertiary/aromatic N) is 1. The van der Waals surface area contributed by atoms with Crippen LogP contribution in [0, 0.1) is 0 Å². The molecule has 0 heterocycles. The highest BCUT2D eigenvalue weighted by molar-refractivity contribution is 6.15. The Kier molecular flexibility index (Phi) is 8.24. The summed E-state index contributed by atoms with van der Waals surface area (Å²) in [5.41, 5.74) is 12.8. The molecule has 0 saturated heterocycles. The molecule has 0 aliphatic heterocycles. The van der Waals surface area contributed by atoms with Gasteiger partial charge in [0.1, 0.15) is 0 Å². The van der Waals surface area contributed by atoms with Gasteiger partial charge in [0, 0.05) is 16.7 Å². The Morgan fingerprint density at radius 2 is 0.709 bits per heavy atom. The number of benzene rings is 10. The van der Waals surface area contributed by atoms with Gasteiger partial charge in [0.25, 0.3) is 0 Å². The summed E-state index contributed by atoms with van der Waals surface area (Å²) in [5, 5.41) is 7.44. The van der Waals surface area contributed by atoms with Crippen LogP contribution in [0.3, 0.4) is 0 Å². The van der Waals surface area contributed by atoms with Crippen LogP contribution in [0.15, 0.2) is 224 Å². The monoisotopic (exact) mass is 699 g/mol. The van der Waals surface area contributed by atoms with E-state index in [0.717, 1.165) is 28.2 Å². The third-order valence-corrected chi connectivity index (χ3v) is 10.9. The zero-order chi connectivity index (χ0) is 36.6. The Morgan fingerprint density at radius 3 is 1.44 bits per heavy atom. The lowest BCUT2D eigenvalue weighted by Gasteiger charge is -2.32. The second kappa shape index (κ2) is 14.0. The van der Waals surface area contributed by atoms with E-state index < -0.39 is 0 Å². The van der Waals surface area contributed by atoms with E-state index in [-0.39, 0.29) is 0 Å². The maximum Gasteiger partial charge on any atom is 0.0540 e. The van der Waals surface area contributed by atoms with Crippen LogP contribution in [0.5, 0.6) is 0 Å². The van der Waals surface area contributed by atoms with Gasteiger partial charge < -0.3 is 4.90 Å². The first kappa shape index (κ1) is 32.4. The van der Waals surface area contributed by atoms with Crippen LogP contribution in [0.4, 0.5) is 17.1 Å². The number of para-hydroxylation sites is 2. The molecule has 0 unspecified atom stereocenters. The first-order valence-corrected chi connectivity index (χ1v) is 18.9. The largest absolute Gasteiger partial charge is 0.309 e. The SMILES string of the molecule is c1ccc(-c2ccc(N(c3ccccc3-c3cccc4ccccc34)c3ccccc3-c3cc4ccccc4c4ccccc34)c(-c3ccccc3)c2)cc1. The van der Waals surface area contributed by atoms with Gasteiger partial charge in [0.15, 0.2) is 0 Å². The van der Waals surface area contributed by atoms with E-state index in [1.165, 1.54) is 65.7 Å². The Bertz CT molecular complexity index is 2980. The highest BCUT2D eigenvalue weighted by Crippen LogP contribution is 2.50. The maximum absolute atomic E-state index is 2.51. The van der Waals surface area contributed by atoms with Crippen molar-refractivity contribution in [1.29, 1.82) is 0 Å². The molecule has 55 heavy (non-hydrogen) atoms. The van der Waals surface area contributed by atoms with Crippen molar-refractivity contribution in [2.45, 2.75) is 0 Å². The molecule has 0 radical (unpaired) electrons. The van der Waals surface area contributed by atoms with Crippen molar-refractivity contribution in [1.82, 2.24) is 0 Å². The average molecular weight is 700 g/mol. The quantitative estimate of drug-likeness (QED) is 0.150. The molecule has 0 bridgehead atoms. The van der Waals surface area contributed by atoms with Gasteiger partial charge in [-0.1, -0.05) is 194 Å². The maximum atomic E-state index is 2.51. The lowest BCUT2D eigenvalue weighted by atomic mass is 9.90. The van der Waals surface area contributed by atoms with Crippen molar-refractivity contribution in [3.05, 3.63) is 224 Å². The Hall–Kier alpha value is -7.22. The number of hydrogen-bond acceptors (Lipinski definition) is 1. The summed E-state index contributed by atoms with van der Waals surface area (Å²) in [4.78, 5) is 2.51. The molecule has 0 spiro atoms. The highest BCUT2D eigenvalue weighted by Gasteiger charge is 2.25. The number of anilines is 3. The molecule has 10 aromatic rings. The minimum Gasteiger partial charge on any atom is -0.309 e. The number of rotatable bonds is 7. The highest BCUT2D eigenvalue weighted by atomic mass is 15.1. The minimum absolute atomic E-state index is 1.11. The fraction of sp³-hybridized carbons (Fsp3) is 0. The first-order valence-electron chi connectivity index (χ1n) is 18.9. The molecule has 258 valence electrons. The Labute approximate surface area is 322 Å². The molecule has 10 aromatic carbocycles. The summed E-state index contributed by atoms with van der Waals surface area (Å²) in [5.74, 6) is 0. The predicted molar refractivity (Wildman–Crippen MR) is 235 cm³/mol. The molecular weight excluding hydrogens is 663 g/mol. The van der Waals surface area contributed by atoms with Gasteiger partial charge in [0.05, 0.1) is 17.1 Å². The van der Waals surface area contributed by atoms with Crippen LogP contribution in [-0.4, -0.2) is 0 Å². The molecule has 1 heteroatoms. The van der Waals surface area contributed by atoms with Gasteiger partial charge in [-0.2, -0.15) is 0 Å². The summed E-state index contributed by atoms with van der Waals surface area (Å²) >= 11 is 0. The van der Waals surface area contributed by atoms with Crippen molar-refractivity contribution in [2.75, 3.05) is 4.90 Å². The van der Waals surface area contributed by atoms with Gasteiger partial charge >= 0.3 is 0 Å². The van der Waals surface area contributed by atoms with Crippen LogP contribution in [0.25, 0.3) is 76.8 Å². The molecule has 10 rings (SSSR count). The topological polar surface area (TPSA) is 3.24 Å². The molecule has 0 aliphatic carbocycles. The van der Waals surface area contributed by atoms with E-state index in [2.05, 4.69) is 229 Å². The molecule has 0 atom stereocenters. The van der Waals surface area contributed by atoms with E-state index in [1.807, 2.05) is 0 Å². The normalized spacial score (nSPS) is 11.3. The third kappa shape index (κ3) is 5.84. The lowest BCUT2D eigenvalue weighted by Crippen LogP contribution is -2.14. The molecule has 0 N–H and O–H groups in total. The van der Waals surface area contributed by atoms with E-state index in [1.54, 1.807) is 0 Å². The summed E-state index contributed by atoms with van der Waals surface area (Å²) in [7, 11) is 0. The fourth-order valence-electron chi connectivity index (χ4n) is 8.31. The fourth-order valence-corrected chi connectivity index (χ4v) is 8.31. The Balaban J connectivity index is 1.31. The summed E-state index contributed by atoms with van der Waals surface area (Å²) in [6, 6.07) is 81.6. The summed E-state index contributed by atoms with van der Waals surface area (Å²) < 4.78 is 0. The molecular formula is C54H37N. The van der Waals surface area contributed by atoms with Crippen molar-refractivity contribution in [3.8, 4) is 44.5 Å². The van der Waals surface area contributed by atoms with Gasteiger partial charge in [-0.25, -0.2) is 0 Å². The first-order chi connectivity index (χ1) is 27.3. The van der Waals surface area contributed by atoms with E-state index in [0.29, 0.717) is 0 Å². The summed E-state index contributed by atoms with van der Waals surface area (Å²) in [6.45, 7) is 0. The predicted octanol–water partition coefficient (Wildman–Crippen LogP) is 15.3. The van der Waals surface area contributed by atoms with Crippen LogP contribution < -0.4 is 4.90 Å². The average Bonchev–Trinajstić information content (AvgIpc) is 3.27. The molecule has 1 nitrogen and oxygen atoms in total. The second-order valence-corrected chi connectivity index (χ2v) is 14.1. The molecule has 0 aliphatic rings. The van der Waals surface area contributed by atoms with E-state index in [9.17, 15) is 0 Å². The minimum atomic E-state index is 1.11. The van der Waals surface area contributed by atoms with Gasteiger partial charge in [-0.3, -0.25) is 0 Å². The zero-order valence-corrected chi connectivity index (χ0v) is 30.3. The zero-order valence-electron chi connectivity index (χ0n) is 30.3. The van der Waals surface area contributed by atoms with Gasteiger partial charge in [0.2, 0.25) is 0 Å². The van der Waals surface area contributed by atoms with Crippen molar-refractivity contribution in [3.63, 3.8) is 0 Å². The summed E-state index contributed by atoms with van der Waals surface area (Å²) in [6.07, 6.45) is 0. The number of hydrogen-bond donors (Lipinski definition) is 0. The van der Waals surface area contributed by atoms with Gasteiger partial charge in [-0.15, -0.1) is 0 Å². The molecule has 0 aromatic heterocycles. The van der Waals surface area contributed by atoms with Crippen molar-refractivity contribution >= 4 is 49.4 Å². The van der Waals surface area contributed by atoms with Crippen molar-refractivity contribution in [2.24, 2.45) is 0 Å². The number of fused-ring (bicyclic) bond motifs is 4. The van der Waals surface area contributed by atoms with Gasteiger partial charge in [-0.05, 0) is 90.5 Å². The molecule has 0 amide bonds. The lowest BCUT2D eigenvalue weighted by molar-refractivity contribution is 1.29. The molecule has 0 fully saturated rings. The smallest absolute Gasteiger partial charge is 0.0540 e. The third-order valence-electron chi connectivity index (χ3n) is 10.9.